The van der Waals surface area contributed by atoms with Crippen molar-refractivity contribution >= 4 is 41.7 Å². The molecule has 1 aromatic carbocycles. The van der Waals surface area contributed by atoms with E-state index in [9.17, 15) is 0 Å². The van der Waals surface area contributed by atoms with Crippen LogP contribution >= 0.6 is 35.7 Å². The number of fused-ring (bicyclic) bond motifs is 1. The molecule has 2 aliphatic rings. The van der Waals surface area contributed by atoms with Gasteiger partial charge in [-0.15, -0.1) is 24.0 Å². The number of hydrogen-bond donors (Lipinski definition) is 1. The fraction of sp³-hybridized carbons (Fsp3) is 0.533. The third kappa shape index (κ3) is 3.81. The van der Waals surface area contributed by atoms with Gasteiger partial charge in [-0.3, -0.25) is 0 Å². The zero-order valence-corrected chi connectivity index (χ0v) is 14.8. The predicted octanol–water partition coefficient (Wildman–Crippen LogP) is 2.66. The molecule has 1 saturated heterocycles. The molecule has 0 radical (unpaired) electrons. The maximum absolute atomic E-state index is 6.08. The first-order valence-electron chi connectivity index (χ1n) is 7.06. The van der Waals surface area contributed by atoms with Gasteiger partial charge in [0.1, 0.15) is 0 Å². The zero-order valence-electron chi connectivity index (χ0n) is 11.7. The van der Waals surface area contributed by atoms with Crippen molar-refractivity contribution in [1.82, 2.24) is 4.90 Å². The Bertz CT molecular complexity index is 484. The molecule has 5 heteroatoms. The second-order valence-electron chi connectivity index (χ2n) is 5.23. The SMILES string of the molecule is I.NC(=NCc1ccc2c(c1)CCC2)N1CCSCC1. The molecule has 3 nitrogen and oxygen atoms in total. The molecule has 0 bridgehead atoms. The molecule has 0 spiro atoms. The summed E-state index contributed by atoms with van der Waals surface area (Å²) in [6, 6.07) is 6.78. The Morgan fingerprint density at radius 1 is 1.20 bits per heavy atom. The lowest BCUT2D eigenvalue weighted by Crippen LogP contribution is -2.42. The van der Waals surface area contributed by atoms with E-state index in [1.807, 2.05) is 11.8 Å². The van der Waals surface area contributed by atoms with E-state index in [1.165, 1.54) is 36.0 Å². The van der Waals surface area contributed by atoms with Gasteiger partial charge in [0.2, 0.25) is 0 Å². The van der Waals surface area contributed by atoms with Crippen LogP contribution in [-0.2, 0) is 19.4 Å². The van der Waals surface area contributed by atoms with Crippen LogP contribution in [0.5, 0.6) is 0 Å². The highest BCUT2D eigenvalue weighted by Gasteiger charge is 2.13. The fourth-order valence-corrected chi connectivity index (χ4v) is 3.69. The Morgan fingerprint density at radius 3 is 2.75 bits per heavy atom. The van der Waals surface area contributed by atoms with Crippen LogP contribution in [0.4, 0.5) is 0 Å². The highest BCUT2D eigenvalue weighted by Crippen LogP contribution is 2.23. The number of aryl methyl sites for hydroxylation is 2. The van der Waals surface area contributed by atoms with E-state index >= 15 is 0 Å². The standard InChI is InChI=1S/C15H21N3S.HI/c16-15(18-6-8-19-9-7-18)17-11-12-4-5-13-2-1-3-14(13)10-12;/h4-5,10H,1-3,6-9,11H2,(H2,16,17);1H. The van der Waals surface area contributed by atoms with Crippen LogP contribution in [-0.4, -0.2) is 35.5 Å². The van der Waals surface area contributed by atoms with E-state index in [4.69, 9.17) is 5.73 Å². The molecule has 1 fully saturated rings. The molecule has 1 aromatic rings. The topological polar surface area (TPSA) is 41.6 Å². The van der Waals surface area contributed by atoms with Crippen molar-refractivity contribution in [3.63, 3.8) is 0 Å². The van der Waals surface area contributed by atoms with E-state index in [0.29, 0.717) is 12.5 Å². The summed E-state index contributed by atoms with van der Waals surface area (Å²) in [5.41, 5.74) is 10.4. The Hall–Kier alpha value is -0.430. The van der Waals surface area contributed by atoms with Crippen LogP contribution in [0.3, 0.4) is 0 Å². The normalized spacial score (nSPS) is 18.6. The van der Waals surface area contributed by atoms with Gasteiger partial charge in [-0.2, -0.15) is 11.8 Å². The molecule has 0 aromatic heterocycles. The number of nitrogens with zero attached hydrogens (tertiary/aromatic N) is 2. The minimum absolute atomic E-state index is 0. The molecule has 1 aliphatic heterocycles. The number of nitrogens with two attached hydrogens (primary N) is 1. The minimum Gasteiger partial charge on any atom is -0.370 e. The summed E-state index contributed by atoms with van der Waals surface area (Å²) < 4.78 is 0. The van der Waals surface area contributed by atoms with E-state index in [0.717, 1.165) is 24.6 Å². The third-order valence-corrected chi connectivity index (χ3v) is 4.86. The van der Waals surface area contributed by atoms with Gasteiger partial charge < -0.3 is 10.6 Å². The number of aliphatic imine (C=N–C) groups is 1. The number of hydrogen-bond acceptors (Lipinski definition) is 2. The van der Waals surface area contributed by atoms with E-state index in [1.54, 1.807) is 0 Å². The van der Waals surface area contributed by atoms with E-state index < -0.39 is 0 Å². The average Bonchev–Trinajstić information content (AvgIpc) is 2.93. The molecule has 0 saturated carbocycles. The summed E-state index contributed by atoms with van der Waals surface area (Å²) in [5, 5.41) is 0. The smallest absolute Gasteiger partial charge is 0.191 e. The summed E-state index contributed by atoms with van der Waals surface area (Å²) in [6.45, 7) is 2.77. The van der Waals surface area contributed by atoms with Crippen molar-refractivity contribution in [2.75, 3.05) is 24.6 Å². The molecule has 110 valence electrons. The van der Waals surface area contributed by atoms with E-state index in [2.05, 4.69) is 28.1 Å². The quantitative estimate of drug-likeness (QED) is 0.469. The summed E-state index contributed by atoms with van der Waals surface area (Å²) in [7, 11) is 0. The number of halogens is 1. The highest BCUT2D eigenvalue weighted by molar-refractivity contribution is 14.0. The molecule has 0 unspecified atom stereocenters. The fourth-order valence-electron chi connectivity index (χ4n) is 2.79. The summed E-state index contributed by atoms with van der Waals surface area (Å²) in [6.07, 6.45) is 3.77. The number of guanidine groups is 1. The van der Waals surface area contributed by atoms with Crippen molar-refractivity contribution in [1.29, 1.82) is 0 Å². The lowest BCUT2D eigenvalue weighted by Gasteiger charge is -2.27. The van der Waals surface area contributed by atoms with Crippen LogP contribution in [0.1, 0.15) is 23.1 Å². The first kappa shape index (κ1) is 15.9. The molecule has 0 amide bonds. The third-order valence-electron chi connectivity index (χ3n) is 3.92. The van der Waals surface area contributed by atoms with Crippen LogP contribution in [0.25, 0.3) is 0 Å². The molecule has 20 heavy (non-hydrogen) atoms. The first-order chi connectivity index (χ1) is 9.33. The van der Waals surface area contributed by atoms with Gasteiger partial charge in [-0.1, -0.05) is 18.2 Å². The first-order valence-corrected chi connectivity index (χ1v) is 8.22. The molecule has 2 N–H and O–H groups in total. The highest BCUT2D eigenvalue weighted by atomic mass is 127. The average molecular weight is 403 g/mol. The Balaban J connectivity index is 0.00000147. The van der Waals surface area contributed by atoms with Gasteiger partial charge >= 0.3 is 0 Å². The monoisotopic (exact) mass is 403 g/mol. The van der Waals surface area contributed by atoms with Crippen molar-refractivity contribution < 1.29 is 0 Å². The lowest BCUT2D eigenvalue weighted by molar-refractivity contribution is 0.455. The largest absolute Gasteiger partial charge is 0.370 e. The molecular weight excluding hydrogens is 381 g/mol. The minimum atomic E-state index is 0. The van der Waals surface area contributed by atoms with Gasteiger partial charge in [0, 0.05) is 24.6 Å². The van der Waals surface area contributed by atoms with Gasteiger partial charge in [0.15, 0.2) is 5.96 Å². The molecule has 0 atom stereocenters. The van der Waals surface area contributed by atoms with Gasteiger partial charge in [-0.25, -0.2) is 4.99 Å². The molecule has 1 heterocycles. The van der Waals surface area contributed by atoms with Gasteiger partial charge in [-0.05, 0) is 36.0 Å². The molecular formula is C15H22IN3S. The Kier molecular flexibility index (Phi) is 6.01. The second kappa shape index (κ2) is 7.54. The van der Waals surface area contributed by atoms with Crippen molar-refractivity contribution in [3.8, 4) is 0 Å². The second-order valence-corrected chi connectivity index (χ2v) is 6.46. The van der Waals surface area contributed by atoms with Crippen LogP contribution in [0.2, 0.25) is 0 Å². The Morgan fingerprint density at radius 2 is 1.95 bits per heavy atom. The van der Waals surface area contributed by atoms with Gasteiger partial charge in [0.05, 0.1) is 6.54 Å². The maximum atomic E-state index is 6.08. The molecule has 1 aliphatic carbocycles. The van der Waals surface area contributed by atoms with Crippen molar-refractivity contribution in [3.05, 3.63) is 34.9 Å². The summed E-state index contributed by atoms with van der Waals surface area (Å²) >= 11 is 1.99. The lowest BCUT2D eigenvalue weighted by atomic mass is 10.1. The van der Waals surface area contributed by atoms with E-state index in [-0.39, 0.29) is 24.0 Å². The van der Waals surface area contributed by atoms with Crippen LogP contribution in [0, 0.1) is 0 Å². The van der Waals surface area contributed by atoms with Gasteiger partial charge in [0.25, 0.3) is 0 Å². The summed E-state index contributed by atoms with van der Waals surface area (Å²) in [4.78, 5) is 6.75. The maximum Gasteiger partial charge on any atom is 0.191 e. The van der Waals surface area contributed by atoms with Crippen LogP contribution < -0.4 is 5.73 Å². The number of rotatable bonds is 2. The number of benzene rings is 1. The predicted molar refractivity (Wildman–Crippen MR) is 98.1 cm³/mol. The van der Waals surface area contributed by atoms with Crippen LogP contribution in [0.15, 0.2) is 23.2 Å². The molecule has 3 rings (SSSR count). The Labute approximate surface area is 142 Å². The summed E-state index contributed by atoms with van der Waals surface area (Å²) in [5.74, 6) is 3.03. The number of thioether (sulfide) groups is 1. The van der Waals surface area contributed by atoms with Crippen molar-refractivity contribution in [2.24, 2.45) is 10.7 Å². The zero-order chi connectivity index (χ0) is 13.1. The van der Waals surface area contributed by atoms with Crippen molar-refractivity contribution in [2.45, 2.75) is 25.8 Å².